The van der Waals surface area contributed by atoms with Crippen molar-refractivity contribution < 1.29 is 9.59 Å². The highest BCUT2D eigenvalue weighted by Crippen LogP contribution is 2.44. The fraction of sp³-hybridized carbons (Fsp3) is 0.481. The number of nitrogens with zero attached hydrogens (tertiary/aromatic N) is 2. The molecule has 0 radical (unpaired) electrons. The van der Waals surface area contributed by atoms with Crippen molar-refractivity contribution in [2.24, 2.45) is 17.3 Å². The normalized spacial score (nSPS) is 19.5. The number of urea groups is 1. The fourth-order valence-electron chi connectivity index (χ4n) is 5.07. The number of amides is 3. The van der Waals surface area contributed by atoms with E-state index in [2.05, 4.69) is 65.8 Å². The topological polar surface area (TPSA) is 64.7 Å². The molecule has 33 heavy (non-hydrogen) atoms. The van der Waals surface area contributed by atoms with Gasteiger partial charge in [0, 0.05) is 51.2 Å². The summed E-state index contributed by atoms with van der Waals surface area (Å²) in [4.78, 5) is 30.1. The standard InChI is InChI=1S/C27H36N4O2/c1-21(2)15-29-25(32)24-17-30(16-23-11-7-4-8-12-23)18-27(24)19-31(20-27)26(33)28-14-13-22-9-5-3-6-10-22/h3-12,21,24H,13-20H2,1-2H3,(H,28,33)(H,29,32). The van der Waals surface area contributed by atoms with Gasteiger partial charge in [-0.15, -0.1) is 0 Å². The molecule has 2 heterocycles. The molecule has 2 aliphatic rings. The average molecular weight is 449 g/mol. The second kappa shape index (κ2) is 10.4. The summed E-state index contributed by atoms with van der Waals surface area (Å²) in [6, 6.07) is 20.5. The monoisotopic (exact) mass is 448 g/mol. The molecule has 1 spiro atoms. The summed E-state index contributed by atoms with van der Waals surface area (Å²) < 4.78 is 0. The Labute approximate surface area is 197 Å². The molecule has 2 saturated heterocycles. The van der Waals surface area contributed by atoms with Crippen LogP contribution in [0, 0.1) is 17.3 Å². The van der Waals surface area contributed by atoms with Gasteiger partial charge in [0.25, 0.3) is 0 Å². The van der Waals surface area contributed by atoms with Gasteiger partial charge in [-0.2, -0.15) is 0 Å². The number of rotatable bonds is 8. The maximum Gasteiger partial charge on any atom is 0.317 e. The van der Waals surface area contributed by atoms with Crippen molar-refractivity contribution in [3.8, 4) is 0 Å². The van der Waals surface area contributed by atoms with Crippen LogP contribution in [0.4, 0.5) is 4.79 Å². The minimum atomic E-state index is -0.160. The Hall–Kier alpha value is -2.86. The van der Waals surface area contributed by atoms with Gasteiger partial charge in [0.2, 0.25) is 5.91 Å². The van der Waals surface area contributed by atoms with Crippen LogP contribution in [0.1, 0.15) is 25.0 Å². The molecule has 6 nitrogen and oxygen atoms in total. The lowest BCUT2D eigenvalue weighted by atomic mass is 9.71. The first-order chi connectivity index (χ1) is 15.9. The molecule has 2 aromatic rings. The number of benzene rings is 2. The van der Waals surface area contributed by atoms with Gasteiger partial charge in [-0.1, -0.05) is 74.5 Å². The predicted octanol–water partition coefficient (Wildman–Crippen LogP) is 3.14. The van der Waals surface area contributed by atoms with E-state index >= 15 is 0 Å². The van der Waals surface area contributed by atoms with Crippen LogP contribution in [0.25, 0.3) is 0 Å². The first kappa shape index (κ1) is 23.3. The van der Waals surface area contributed by atoms with Gasteiger partial charge in [0.1, 0.15) is 0 Å². The van der Waals surface area contributed by atoms with Gasteiger partial charge in [-0.3, -0.25) is 9.69 Å². The molecule has 1 atom stereocenters. The molecule has 2 fully saturated rings. The molecule has 2 aliphatic heterocycles. The Morgan fingerprint density at radius 1 is 0.939 bits per heavy atom. The number of carbonyl (C=O) groups is 2. The third kappa shape index (κ3) is 5.74. The van der Waals surface area contributed by atoms with E-state index in [-0.39, 0.29) is 23.3 Å². The van der Waals surface area contributed by atoms with Crippen LogP contribution in [0.15, 0.2) is 60.7 Å². The van der Waals surface area contributed by atoms with Crippen LogP contribution in [0.2, 0.25) is 0 Å². The number of hydrogen-bond donors (Lipinski definition) is 2. The van der Waals surface area contributed by atoms with Crippen LogP contribution in [0.3, 0.4) is 0 Å². The molecule has 1 unspecified atom stereocenters. The third-order valence-electron chi connectivity index (χ3n) is 6.80. The Kier molecular flexibility index (Phi) is 7.33. The minimum absolute atomic E-state index is 0.0283. The average Bonchev–Trinajstić information content (AvgIpc) is 3.17. The first-order valence-electron chi connectivity index (χ1n) is 12.1. The molecule has 2 N–H and O–H groups in total. The van der Waals surface area contributed by atoms with Crippen molar-refractivity contribution in [3.05, 3.63) is 71.8 Å². The lowest BCUT2D eigenvalue weighted by Crippen LogP contribution is -2.65. The fourth-order valence-corrected chi connectivity index (χ4v) is 5.07. The maximum atomic E-state index is 13.1. The summed E-state index contributed by atoms with van der Waals surface area (Å²) in [6.45, 7) is 9.20. The van der Waals surface area contributed by atoms with E-state index in [4.69, 9.17) is 0 Å². The molecule has 0 aromatic heterocycles. The molecule has 3 amide bonds. The van der Waals surface area contributed by atoms with Crippen molar-refractivity contribution in [2.75, 3.05) is 39.3 Å². The van der Waals surface area contributed by atoms with E-state index in [1.807, 2.05) is 29.2 Å². The highest BCUT2D eigenvalue weighted by atomic mass is 16.2. The quantitative estimate of drug-likeness (QED) is 0.652. The predicted molar refractivity (Wildman–Crippen MR) is 131 cm³/mol. The van der Waals surface area contributed by atoms with E-state index in [1.54, 1.807) is 0 Å². The third-order valence-corrected chi connectivity index (χ3v) is 6.80. The van der Waals surface area contributed by atoms with Crippen LogP contribution >= 0.6 is 0 Å². The Balaban J connectivity index is 1.35. The molecular weight excluding hydrogens is 412 g/mol. The molecule has 0 aliphatic carbocycles. The summed E-state index contributed by atoms with van der Waals surface area (Å²) in [6.07, 6.45) is 0.816. The van der Waals surface area contributed by atoms with Crippen LogP contribution in [-0.4, -0.2) is 61.0 Å². The Bertz CT molecular complexity index is 926. The summed E-state index contributed by atoms with van der Waals surface area (Å²) in [5.74, 6) is 0.455. The van der Waals surface area contributed by atoms with Crippen LogP contribution < -0.4 is 10.6 Å². The first-order valence-corrected chi connectivity index (χ1v) is 12.1. The Morgan fingerprint density at radius 2 is 1.58 bits per heavy atom. The van der Waals surface area contributed by atoms with E-state index in [0.29, 0.717) is 32.1 Å². The zero-order valence-electron chi connectivity index (χ0n) is 19.8. The summed E-state index contributed by atoms with van der Waals surface area (Å²) in [7, 11) is 0. The summed E-state index contributed by atoms with van der Waals surface area (Å²) in [5, 5.41) is 6.19. The second-order valence-corrected chi connectivity index (χ2v) is 10.0. The zero-order chi connectivity index (χ0) is 23.3. The van der Waals surface area contributed by atoms with E-state index < -0.39 is 0 Å². The molecule has 4 rings (SSSR count). The lowest BCUT2D eigenvalue weighted by Gasteiger charge is -2.50. The van der Waals surface area contributed by atoms with Crippen molar-refractivity contribution in [1.29, 1.82) is 0 Å². The SMILES string of the molecule is CC(C)CNC(=O)C1CN(Cc2ccccc2)CC12CN(C(=O)NCCc1ccccc1)C2. The zero-order valence-corrected chi connectivity index (χ0v) is 19.8. The highest BCUT2D eigenvalue weighted by Gasteiger charge is 2.57. The summed E-state index contributed by atoms with van der Waals surface area (Å²) in [5.41, 5.74) is 2.31. The van der Waals surface area contributed by atoms with Crippen LogP contribution in [-0.2, 0) is 17.8 Å². The van der Waals surface area contributed by atoms with E-state index in [9.17, 15) is 9.59 Å². The molecule has 6 heteroatoms. The van der Waals surface area contributed by atoms with Gasteiger partial charge in [-0.25, -0.2) is 4.79 Å². The Morgan fingerprint density at radius 3 is 2.21 bits per heavy atom. The van der Waals surface area contributed by atoms with E-state index in [0.717, 1.165) is 26.1 Å². The van der Waals surface area contributed by atoms with Gasteiger partial charge >= 0.3 is 6.03 Å². The van der Waals surface area contributed by atoms with Gasteiger partial charge in [-0.05, 0) is 23.5 Å². The smallest absolute Gasteiger partial charge is 0.317 e. The molecular formula is C27H36N4O2. The second-order valence-electron chi connectivity index (χ2n) is 10.0. The highest BCUT2D eigenvalue weighted by molar-refractivity contribution is 5.82. The van der Waals surface area contributed by atoms with Crippen LogP contribution in [0.5, 0.6) is 0 Å². The summed E-state index contributed by atoms with van der Waals surface area (Å²) >= 11 is 0. The molecule has 2 aromatic carbocycles. The molecule has 0 saturated carbocycles. The number of carbonyl (C=O) groups excluding carboxylic acids is 2. The number of likely N-dealkylation sites (tertiary alicyclic amines) is 2. The number of hydrogen-bond acceptors (Lipinski definition) is 3. The van der Waals surface area contributed by atoms with E-state index in [1.165, 1.54) is 11.1 Å². The minimum Gasteiger partial charge on any atom is -0.356 e. The molecule has 176 valence electrons. The van der Waals surface area contributed by atoms with Gasteiger partial charge in [0.05, 0.1) is 5.92 Å². The van der Waals surface area contributed by atoms with Crippen molar-refractivity contribution in [3.63, 3.8) is 0 Å². The lowest BCUT2D eigenvalue weighted by molar-refractivity contribution is -0.131. The van der Waals surface area contributed by atoms with Crippen molar-refractivity contribution in [1.82, 2.24) is 20.4 Å². The van der Waals surface area contributed by atoms with Crippen molar-refractivity contribution in [2.45, 2.75) is 26.8 Å². The number of nitrogens with one attached hydrogen (secondary N) is 2. The van der Waals surface area contributed by atoms with Gasteiger partial charge in [0.15, 0.2) is 0 Å². The maximum absolute atomic E-state index is 13.1. The van der Waals surface area contributed by atoms with Gasteiger partial charge < -0.3 is 15.5 Å². The molecule has 0 bridgehead atoms. The largest absolute Gasteiger partial charge is 0.356 e. The van der Waals surface area contributed by atoms with Crippen molar-refractivity contribution >= 4 is 11.9 Å².